The third kappa shape index (κ3) is 3.38. The average molecular weight is 263 g/mol. The number of nitrogens with one attached hydrogen (secondary N) is 1. The van der Waals surface area contributed by atoms with Crippen molar-refractivity contribution in [3.8, 4) is 5.75 Å². The number of hydrogen-bond acceptors (Lipinski definition) is 3. The van der Waals surface area contributed by atoms with Crippen LogP contribution in [-0.2, 0) is 0 Å². The van der Waals surface area contributed by atoms with Crippen molar-refractivity contribution in [3.63, 3.8) is 0 Å². The molecular weight excluding hydrogens is 242 g/mol. The molecule has 1 aromatic carbocycles. The average Bonchev–Trinajstić information content (AvgIpc) is 2.75. The number of benzene rings is 1. The summed E-state index contributed by atoms with van der Waals surface area (Å²) >= 11 is 0. The fourth-order valence-corrected chi connectivity index (χ4v) is 2.13. The zero-order valence-corrected chi connectivity index (χ0v) is 11.5. The molecule has 0 radical (unpaired) electrons. The summed E-state index contributed by atoms with van der Waals surface area (Å²) in [7, 11) is 0. The molecule has 0 aromatic heterocycles. The molecule has 0 aliphatic carbocycles. The molecule has 1 unspecified atom stereocenters. The number of urea groups is 1. The van der Waals surface area contributed by atoms with Crippen LogP contribution in [0.2, 0.25) is 0 Å². The number of aryl methyl sites for hydroxylation is 1. The molecule has 1 aliphatic heterocycles. The van der Waals surface area contributed by atoms with E-state index in [1.165, 1.54) is 0 Å². The van der Waals surface area contributed by atoms with Gasteiger partial charge in [0.05, 0.1) is 6.54 Å². The van der Waals surface area contributed by atoms with E-state index in [4.69, 9.17) is 10.5 Å². The maximum Gasteiger partial charge on any atom is 0.317 e. The van der Waals surface area contributed by atoms with Gasteiger partial charge in [-0.05, 0) is 25.5 Å². The van der Waals surface area contributed by atoms with Gasteiger partial charge in [0.25, 0.3) is 0 Å². The molecule has 1 aliphatic rings. The van der Waals surface area contributed by atoms with E-state index in [0.717, 1.165) is 23.4 Å². The molecule has 19 heavy (non-hydrogen) atoms. The fraction of sp³-hybridized carbons (Fsp3) is 0.500. The molecule has 1 atom stereocenters. The molecule has 1 fully saturated rings. The van der Waals surface area contributed by atoms with Gasteiger partial charge in [-0.1, -0.05) is 12.1 Å². The van der Waals surface area contributed by atoms with E-state index in [9.17, 15) is 4.79 Å². The van der Waals surface area contributed by atoms with Gasteiger partial charge < -0.3 is 20.7 Å². The Morgan fingerprint density at radius 2 is 2.32 bits per heavy atom. The van der Waals surface area contributed by atoms with Gasteiger partial charge in [0.15, 0.2) is 0 Å². The molecule has 5 nitrogen and oxygen atoms in total. The van der Waals surface area contributed by atoms with Crippen LogP contribution in [0, 0.1) is 6.92 Å². The number of nitrogens with two attached hydrogens (primary N) is 1. The van der Waals surface area contributed by atoms with Crippen molar-refractivity contribution in [1.82, 2.24) is 10.2 Å². The van der Waals surface area contributed by atoms with Crippen LogP contribution in [-0.4, -0.2) is 37.2 Å². The van der Waals surface area contributed by atoms with Crippen molar-refractivity contribution in [2.24, 2.45) is 5.73 Å². The summed E-state index contributed by atoms with van der Waals surface area (Å²) in [6.07, 6.45) is 0. The van der Waals surface area contributed by atoms with Gasteiger partial charge in [-0.25, -0.2) is 4.79 Å². The Bertz CT molecular complexity index is 460. The lowest BCUT2D eigenvalue weighted by Crippen LogP contribution is -2.32. The van der Waals surface area contributed by atoms with Crippen LogP contribution in [0.4, 0.5) is 4.79 Å². The van der Waals surface area contributed by atoms with Crippen molar-refractivity contribution < 1.29 is 9.53 Å². The third-order valence-corrected chi connectivity index (χ3v) is 3.22. The predicted molar refractivity (Wildman–Crippen MR) is 74.2 cm³/mol. The quantitative estimate of drug-likeness (QED) is 0.844. The highest BCUT2D eigenvalue weighted by atomic mass is 16.5. The monoisotopic (exact) mass is 263 g/mol. The van der Waals surface area contributed by atoms with Gasteiger partial charge in [0, 0.05) is 24.7 Å². The summed E-state index contributed by atoms with van der Waals surface area (Å²) in [6, 6.07) is 5.94. The predicted octanol–water partition coefficient (Wildman–Crippen LogP) is 1.42. The summed E-state index contributed by atoms with van der Waals surface area (Å²) in [5.41, 5.74) is 8.06. The first-order valence-corrected chi connectivity index (χ1v) is 6.59. The number of carbonyl (C=O) groups excluding carboxylic acids is 1. The second-order valence-electron chi connectivity index (χ2n) is 4.90. The van der Waals surface area contributed by atoms with Gasteiger partial charge in [-0.2, -0.15) is 0 Å². The molecule has 2 amide bonds. The number of carbonyl (C=O) groups is 1. The molecule has 1 aromatic rings. The van der Waals surface area contributed by atoms with E-state index in [1.807, 2.05) is 32.0 Å². The first-order chi connectivity index (χ1) is 9.08. The lowest BCUT2D eigenvalue weighted by molar-refractivity contribution is 0.202. The van der Waals surface area contributed by atoms with Gasteiger partial charge >= 0.3 is 6.03 Å². The first kappa shape index (κ1) is 13.7. The Hall–Kier alpha value is -1.75. The highest BCUT2D eigenvalue weighted by Gasteiger charge is 2.19. The van der Waals surface area contributed by atoms with E-state index < -0.39 is 0 Å². The zero-order chi connectivity index (χ0) is 13.8. The SMILES string of the molecule is Cc1ccc(C(C)N)c(OCCN2CCNC2=O)c1. The molecular formula is C14H21N3O2. The minimum Gasteiger partial charge on any atom is -0.491 e. The van der Waals surface area contributed by atoms with Crippen LogP contribution >= 0.6 is 0 Å². The highest BCUT2D eigenvalue weighted by molar-refractivity contribution is 5.76. The summed E-state index contributed by atoms with van der Waals surface area (Å²) in [5, 5.41) is 2.77. The van der Waals surface area contributed by atoms with Crippen LogP contribution in [0.5, 0.6) is 5.75 Å². The van der Waals surface area contributed by atoms with Gasteiger partial charge in [0.1, 0.15) is 12.4 Å². The highest BCUT2D eigenvalue weighted by Crippen LogP contribution is 2.25. The second kappa shape index (κ2) is 5.93. The van der Waals surface area contributed by atoms with Gasteiger partial charge in [-0.15, -0.1) is 0 Å². The van der Waals surface area contributed by atoms with E-state index in [2.05, 4.69) is 5.32 Å². The van der Waals surface area contributed by atoms with E-state index in [0.29, 0.717) is 19.7 Å². The molecule has 1 heterocycles. The lowest BCUT2D eigenvalue weighted by Gasteiger charge is -2.17. The van der Waals surface area contributed by atoms with Gasteiger partial charge in [0.2, 0.25) is 0 Å². The van der Waals surface area contributed by atoms with Crippen molar-refractivity contribution in [2.45, 2.75) is 19.9 Å². The summed E-state index contributed by atoms with van der Waals surface area (Å²) in [4.78, 5) is 13.1. The molecule has 0 bridgehead atoms. The van der Waals surface area contributed by atoms with Crippen molar-refractivity contribution >= 4 is 6.03 Å². The zero-order valence-electron chi connectivity index (χ0n) is 11.5. The van der Waals surface area contributed by atoms with E-state index in [-0.39, 0.29) is 12.1 Å². The molecule has 0 saturated carbocycles. The van der Waals surface area contributed by atoms with Crippen LogP contribution in [0.1, 0.15) is 24.1 Å². The summed E-state index contributed by atoms with van der Waals surface area (Å²) < 4.78 is 5.79. The molecule has 104 valence electrons. The molecule has 0 spiro atoms. The topological polar surface area (TPSA) is 67.6 Å². The summed E-state index contributed by atoms with van der Waals surface area (Å²) in [5.74, 6) is 0.814. The van der Waals surface area contributed by atoms with Crippen LogP contribution in [0.3, 0.4) is 0 Å². The maximum absolute atomic E-state index is 11.4. The van der Waals surface area contributed by atoms with E-state index >= 15 is 0 Å². The maximum atomic E-state index is 11.4. The Balaban J connectivity index is 1.95. The van der Waals surface area contributed by atoms with E-state index in [1.54, 1.807) is 4.90 Å². The first-order valence-electron chi connectivity index (χ1n) is 6.59. The minimum absolute atomic E-state index is 0.0136. The van der Waals surface area contributed by atoms with Crippen molar-refractivity contribution in [3.05, 3.63) is 29.3 Å². The normalized spacial score (nSPS) is 16.4. The molecule has 3 N–H and O–H groups in total. The largest absolute Gasteiger partial charge is 0.491 e. The van der Waals surface area contributed by atoms with Crippen molar-refractivity contribution in [2.75, 3.05) is 26.2 Å². The molecule has 1 saturated heterocycles. The molecule has 2 rings (SSSR count). The third-order valence-electron chi connectivity index (χ3n) is 3.22. The smallest absolute Gasteiger partial charge is 0.317 e. The number of ether oxygens (including phenoxy) is 1. The van der Waals surface area contributed by atoms with Crippen molar-refractivity contribution in [1.29, 1.82) is 0 Å². The van der Waals surface area contributed by atoms with Crippen LogP contribution in [0.25, 0.3) is 0 Å². The Kier molecular flexibility index (Phi) is 4.27. The Labute approximate surface area is 113 Å². The fourth-order valence-electron chi connectivity index (χ4n) is 2.13. The number of amides is 2. The van der Waals surface area contributed by atoms with Gasteiger partial charge in [-0.3, -0.25) is 0 Å². The number of rotatable bonds is 5. The van der Waals surface area contributed by atoms with Crippen LogP contribution < -0.4 is 15.8 Å². The Morgan fingerprint density at radius 3 is 2.95 bits per heavy atom. The summed E-state index contributed by atoms with van der Waals surface area (Å²) in [6.45, 7) is 6.50. The second-order valence-corrected chi connectivity index (χ2v) is 4.90. The molecule has 5 heteroatoms. The minimum atomic E-state index is -0.0642. The standard InChI is InChI=1S/C14H21N3O2/c1-10-3-4-12(11(2)15)13(9-10)19-8-7-17-6-5-16-14(17)18/h3-4,9,11H,5-8,15H2,1-2H3,(H,16,18). The van der Waals surface area contributed by atoms with Crippen LogP contribution in [0.15, 0.2) is 18.2 Å². The lowest BCUT2D eigenvalue weighted by atomic mass is 10.1. The number of nitrogens with zero attached hydrogens (tertiary/aromatic N) is 1. The Morgan fingerprint density at radius 1 is 1.53 bits per heavy atom. The number of hydrogen-bond donors (Lipinski definition) is 2.